The van der Waals surface area contributed by atoms with E-state index < -0.39 is 0 Å². The molecule has 0 bridgehead atoms. The highest BCUT2D eigenvalue weighted by Gasteiger charge is 2.15. The first-order valence-electron chi connectivity index (χ1n) is 7.44. The van der Waals surface area contributed by atoms with Crippen LogP contribution in [0.15, 0.2) is 42.5 Å². The highest BCUT2D eigenvalue weighted by atomic mass is 35.5. The fourth-order valence-corrected chi connectivity index (χ4v) is 2.67. The van der Waals surface area contributed by atoms with Gasteiger partial charge >= 0.3 is 0 Å². The lowest BCUT2D eigenvalue weighted by molar-refractivity contribution is -0.128. The summed E-state index contributed by atoms with van der Waals surface area (Å²) in [4.78, 5) is 16.0. The second-order valence-corrected chi connectivity index (χ2v) is 6.34. The molecule has 0 saturated heterocycles. The third-order valence-corrected chi connectivity index (χ3v) is 4.44. The van der Waals surface area contributed by atoms with E-state index in [-0.39, 0.29) is 12.5 Å². The molecule has 0 saturated carbocycles. The molecule has 4 nitrogen and oxygen atoms in total. The minimum absolute atomic E-state index is 0.00511. The summed E-state index contributed by atoms with van der Waals surface area (Å²) < 4.78 is 5.33. The molecule has 0 heterocycles. The zero-order valence-electron chi connectivity index (χ0n) is 13.9. The number of methoxy groups -OCH3 is 1. The Hall–Kier alpha value is -1.91. The monoisotopic (exact) mass is 366 g/mol. The average molecular weight is 367 g/mol. The van der Waals surface area contributed by atoms with Crippen molar-refractivity contribution >= 4 is 34.8 Å². The lowest BCUT2D eigenvalue weighted by Gasteiger charge is -2.24. The average Bonchev–Trinajstić information content (AvgIpc) is 2.57. The van der Waals surface area contributed by atoms with E-state index >= 15 is 0 Å². The van der Waals surface area contributed by atoms with Crippen molar-refractivity contribution in [2.75, 3.05) is 32.6 Å². The largest absolute Gasteiger partial charge is 0.495 e. The van der Waals surface area contributed by atoms with Crippen molar-refractivity contribution in [1.82, 2.24) is 4.90 Å². The van der Waals surface area contributed by atoms with Crippen LogP contribution < -0.4 is 9.64 Å². The zero-order chi connectivity index (χ0) is 17.7. The molecule has 0 aliphatic heterocycles. The number of para-hydroxylation sites is 2. The molecule has 0 aliphatic rings. The molecule has 0 aliphatic carbocycles. The second-order valence-electron chi connectivity index (χ2n) is 5.53. The molecular weight excluding hydrogens is 347 g/mol. The standard InChI is InChI=1S/C18H20Cl2N2O2/c1-21(16-6-4-5-7-17(16)24-3)12-18(23)22(2)11-13-8-9-14(19)15(20)10-13/h4-10H,11-12H2,1-3H3. The summed E-state index contributed by atoms with van der Waals surface area (Å²) in [6.07, 6.45) is 0. The summed E-state index contributed by atoms with van der Waals surface area (Å²) in [6.45, 7) is 0.716. The number of carbonyl (C=O) groups excluding carboxylic acids is 1. The molecular formula is C18H20Cl2N2O2. The van der Waals surface area contributed by atoms with Crippen LogP contribution in [0, 0.1) is 0 Å². The van der Waals surface area contributed by atoms with Gasteiger partial charge < -0.3 is 14.5 Å². The Morgan fingerprint density at radius 1 is 1.08 bits per heavy atom. The highest BCUT2D eigenvalue weighted by molar-refractivity contribution is 6.42. The van der Waals surface area contributed by atoms with Crippen molar-refractivity contribution in [2.24, 2.45) is 0 Å². The summed E-state index contributed by atoms with van der Waals surface area (Å²) in [5.74, 6) is 0.731. The number of hydrogen-bond donors (Lipinski definition) is 0. The lowest BCUT2D eigenvalue weighted by Crippen LogP contribution is -2.36. The van der Waals surface area contributed by atoms with Gasteiger partial charge in [-0.3, -0.25) is 4.79 Å². The molecule has 0 unspecified atom stereocenters. The van der Waals surface area contributed by atoms with Crippen LogP contribution in [-0.4, -0.2) is 38.6 Å². The van der Waals surface area contributed by atoms with E-state index in [0.717, 1.165) is 17.0 Å². The van der Waals surface area contributed by atoms with E-state index in [9.17, 15) is 4.79 Å². The van der Waals surface area contributed by atoms with Crippen molar-refractivity contribution in [3.63, 3.8) is 0 Å². The topological polar surface area (TPSA) is 32.8 Å². The van der Waals surface area contributed by atoms with Gasteiger partial charge in [0.25, 0.3) is 0 Å². The number of hydrogen-bond acceptors (Lipinski definition) is 3. The number of rotatable bonds is 6. The Kier molecular flexibility index (Phi) is 6.35. The van der Waals surface area contributed by atoms with Crippen molar-refractivity contribution in [2.45, 2.75) is 6.54 Å². The number of ether oxygens (including phenoxy) is 1. The predicted molar refractivity (Wildman–Crippen MR) is 99.2 cm³/mol. The Morgan fingerprint density at radius 3 is 2.46 bits per heavy atom. The number of amides is 1. The van der Waals surface area contributed by atoms with E-state index in [0.29, 0.717) is 16.6 Å². The van der Waals surface area contributed by atoms with Gasteiger partial charge in [-0.1, -0.05) is 41.4 Å². The van der Waals surface area contributed by atoms with Crippen LogP contribution >= 0.6 is 23.2 Å². The van der Waals surface area contributed by atoms with Crippen LogP contribution in [0.1, 0.15) is 5.56 Å². The molecule has 1 amide bonds. The maximum atomic E-state index is 12.5. The molecule has 6 heteroatoms. The molecule has 0 spiro atoms. The normalized spacial score (nSPS) is 10.4. The highest BCUT2D eigenvalue weighted by Crippen LogP contribution is 2.26. The van der Waals surface area contributed by atoms with Crippen LogP contribution in [0.2, 0.25) is 10.0 Å². The van der Waals surface area contributed by atoms with Crippen molar-refractivity contribution in [3.8, 4) is 5.75 Å². The van der Waals surface area contributed by atoms with Crippen LogP contribution in [0.25, 0.3) is 0 Å². The van der Waals surface area contributed by atoms with Gasteiger partial charge in [-0.25, -0.2) is 0 Å². The molecule has 0 N–H and O–H groups in total. The smallest absolute Gasteiger partial charge is 0.242 e. The Morgan fingerprint density at radius 2 is 1.79 bits per heavy atom. The maximum Gasteiger partial charge on any atom is 0.242 e. The summed E-state index contributed by atoms with van der Waals surface area (Å²) in [5, 5.41) is 0.992. The van der Waals surface area contributed by atoms with E-state index in [2.05, 4.69) is 0 Å². The predicted octanol–water partition coefficient (Wildman–Crippen LogP) is 4.10. The minimum Gasteiger partial charge on any atom is -0.495 e. The summed E-state index contributed by atoms with van der Waals surface area (Å²) in [5.41, 5.74) is 1.80. The van der Waals surface area contributed by atoms with Crippen LogP contribution in [-0.2, 0) is 11.3 Å². The second kappa shape index (κ2) is 8.27. The fraction of sp³-hybridized carbons (Fsp3) is 0.278. The SMILES string of the molecule is COc1ccccc1N(C)CC(=O)N(C)Cc1ccc(Cl)c(Cl)c1. The van der Waals surface area contributed by atoms with Crippen LogP contribution in [0.3, 0.4) is 0 Å². The van der Waals surface area contributed by atoms with Crippen LogP contribution in [0.4, 0.5) is 5.69 Å². The summed E-state index contributed by atoms with van der Waals surface area (Å²) >= 11 is 11.9. The molecule has 0 aromatic heterocycles. The van der Waals surface area contributed by atoms with Crippen LogP contribution in [0.5, 0.6) is 5.75 Å². The molecule has 2 aromatic rings. The number of nitrogens with zero attached hydrogens (tertiary/aromatic N) is 2. The first kappa shape index (κ1) is 18.4. The number of anilines is 1. The van der Waals surface area contributed by atoms with E-state index in [1.807, 2.05) is 42.3 Å². The lowest BCUT2D eigenvalue weighted by atomic mass is 10.2. The van der Waals surface area contributed by atoms with Gasteiger partial charge in [0.05, 0.1) is 29.4 Å². The number of likely N-dealkylation sites (N-methyl/N-ethyl adjacent to an activating group) is 2. The molecule has 0 fully saturated rings. The molecule has 0 radical (unpaired) electrons. The number of carbonyl (C=O) groups is 1. The van der Waals surface area contributed by atoms with Crippen molar-refractivity contribution in [1.29, 1.82) is 0 Å². The molecule has 0 atom stereocenters. The van der Waals surface area contributed by atoms with E-state index in [1.54, 1.807) is 31.2 Å². The quantitative estimate of drug-likeness (QED) is 0.771. The number of benzene rings is 2. The van der Waals surface area contributed by atoms with Gasteiger partial charge in [-0.15, -0.1) is 0 Å². The Labute approximate surface area is 152 Å². The van der Waals surface area contributed by atoms with Crippen molar-refractivity contribution in [3.05, 3.63) is 58.1 Å². The van der Waals surface area contributed by atoms with E-state index in [4.69, 9.17) is 27.9 Å². The Bertz CT molecular complexity index is 722. The first-order chi connectivity index (χ1) is 11.4. The van der Waals surface area contributed by atoms with Gasteiger partial charge in [0.15, 0.2) is 0 Å². The van der Waals surface area contributed by atoms with E-state index in [1.165, 1.54) is 0 Å². The van der Waals surface area contributed by atoms with Gasteiger partial charge in [-0.05, 0) is 29.8 Å². The molecule has 2 rings (SSSR count). The molecule has 2 aromatic carbocycles. The maximum absolute atomic E-state index is 12.5. The minimum atomic E-state index is -0.00511. The molecule has 128 valence electrons. The van der Waals surface area contributed by atoms with Gasteiger partial charge in [0, 0.05) is 20.6 Å². The third-order valence-electron chi connectivity index (χ3n) is 3.70. The fourth-order valence-electron chi connectivity index (χ4n) is 2.35. The van der Waals surface area contributed by atoms with Crippen molar-refractivity contribution < 1.29 is 9.53 Å². The molecule has 24 heavy (non-hydrogen) atoms. The summed E-state index contributed by atoms with van der Waals surface area (Å²) in [6, 6.07) is 13.0. The van der Waals surface area contributed by atoms with Gasteiger partial charge in [0.1, 0.15) is 5.75 Å². The Balaban J connectivity index is 2.01. The zero-order valence-corrected chi connectivity index (χ0v) is 15.4. The van der Waals surface area contributed by atoms with Gasteiger partial charge in [0.2, 0.25) is 5.91 Å². The third kappa shape index (κ3) is 4.56. The summed E-state index contributed by atoms with van der Waals surface area (Å²) in [7, 11) is 5.24. The first-order valence-corrected chi connectivity index (χ1v) is 8.20. The number of halogens is 2. The van der Waals surface area contributed by atoms with Gasteiger partial charge in [-0.2, -0.15) is 0 Å².